The highest BCUT2D eigenvalue weighted by atomic mass is 16.1. The maximum Gasteiger partial charge on any atom is 0.186 e. The van der Waals surface area contributed by atoms with E-state index in [1.165, 1.54) is 0 Å². The molecular weight excluding hydrogens is 164 g/mol. The second kappa shape index (κ2) is 1.26. The summed E-state index contributed by atoms with van der Waals surface area (Å²) in [5, 5.41) is 3.69. The second-order valence-corrected chi connectivity index (χ2v) is 5.31. The van der Waals surface area contributed by atoms with Gasteiger partial charge in [-0.2, -0.15) is 5.10 Å². The van der Waals surface area contributed by atoms with Gasteiger partial charge in [-0.1, -0.05) is 27.7 Å². The molecule has 3 unspecified atom stereocenters. The van der Waals surface area contributed by atoms with Gasteiger partial charge >= 0.3 is 0 Å². The molecule has 0 saturated heterocycles. The maximum atomic E-state index is 11.9. The summed E-state index contributed by atoms with van der Waals surface area (Å²) in [5.41, 5.74) is 0.720. The molecule has 70 valence electrons. The number of nitrogens with two attached hydrogens (primary N) is 1. The van der Waals surface area contributed by atoms with E-state index in [4.69, 9.17) is 5.84 Å². The van der Waals surface area contributed by atoms with Crippen molar-refractivity contribution in [2.75, 3.05) is 0 Å². The Morgan fingerprint density at radius 3 is 1.69 bits per heavy atom. The normalized spacial score (nSPS) is 69.8. The number of Topliss-reactive ketones (excluding diaryl/α,β-unsaturated/α-hetero) is 1. The minimum atomic E-state index is -0.160. The smallest absolute Gasteiger partial charge is 0.186 e. The van der Waals surface area contributed by atoms with Crippen LogP contribution in [0.4, 0.5) is 0 Å². The van der Waals surface area contributed by atoms with Crippen LogP contribution in [0.3, 0.4) is 0 Å². The van der Waals surface area contributed by atoms with Crippen molar-refractivity contribution < 1.29 is 4.79 Å². The standard InChI is InChI=1S/C10H14N2O/c1-7-5(12-11)6(13)8(2)9(7,3)10(7,8)4/h11H2,1-4H3/b12-5-/t7?,8?,9-,10?/m0/s1. The summed E-state index contributed by atoms with van der Waals surface area (Å²) in [6.45, 7) is 8.53. The highest BCUT2D eigenvalue weighted by molar-refractivity contribution is 6.53. The Bertz CT molecular complexity index is 382. The van der Waals surface area contributed by atoms with E-state index in [-0.39, 0.29) is 27.4 Å². The number of rotatable bonds is 0. The molecule has 3 nitrogen and oxygen atoms in total. The number of nitrogens with zero attached hydrogens (tertiary/aromatic N) is 1. The fourth-order valence-electron chi connectivity index (χ4n) is 4.77. The first-order valence-corrected chi connectivity index (χ1v) is 4.69. The highest BCUT2D eigenvalue weighted by Gasteiger charge is 3.12. The van der Waals surface area contributed by atoms with Gasteiger partial charge < -0.3 is 5.84 Å². The molecule has 4 saturated carbocycles. The molecule has 4 aliphatic rings. The molecule has 0 amide bonds. The molecule has 0 spiro atoms. The molecule has 13 heavy (non-hydrogen) atoms. The van der Waals surface area contributed by atoms with Crippen molar-refractivity contribution >= 4 is 11.5 Å². The largest absolute Gasteiger partial charge is 0.323 e. The van der Waals surface area contributed by atoms with Gasteiger partial charge in [-0.05, 0) is 10.8 Å². The van der Waals surface area contributed by atoms with Crippen LogP contribution >= 0.6 is 0 Å². The van der Waals surface area contributed by atoms with E-state index in [2.05, 4.69) is 32.8 Å². The molecule has 0 aromatic rings. The van der Waals surface area contributed by atoms with Crippen LogP contribution in [0.2, 0.25) is 0 Å². The van der Waals surface area contributed by atoms with Crippen LogP contribution in [-0.2, 0) is 4.79 Å². The lowest BCUT2D eigenvalue weighted by Crippen LogP contribution is -2.22. The molecule has 2 bridgehead atoms. The molecule has 4 atom stereocenters. The molecular formula is C10H14N2O. The van der Waals surface area contributed by atoms with Gasteiger partial charge in [-0.3, -0.25) is 4.79 Å². The van der Waals surface area contributed by atoms with Crippen LogP contribution in [0.5, 0.6) is 0 Å². The van der Waals surface area contributed by atoms with Gasteiger partial charge in [0.15, 0.2) is 5.78 Å². The van der Waals surface area contributed by atoms with E-state index in [9.17, 15) is 4.79 Å². The number of carbonyl (C=O) groups excluding carboxylic acids is 1. The topological polar surface area (TPSA) is 55.5 Å². The molecule has 0 radical (unpaired) electrons. The Morgan fingerprint density at radius 2 is 1.54 bits per heavy atom. The summed E-state index contributed by atoms with van der Waals surface area (Å²) in [5.74, 6) is 5.47. The van der Waals surface area contributed by atoms with Gasteiger partial charge in [0.05, 0.1) is 0 Å². The predicted molar refractivity (Wildman–Crippen MR) is 49.1 cm³/mol. The van der Waals surface area contributed by atoms with Crippen molar-refractivity contribution in [3.8, 4) is 0 Å². The molecule has 2 N–H and O–H groups in total. The Hall–Kier alpha value is -0.860. The number of carbonyl (C=O) groups is 1. The van der Waals surface area contributed by atoms with E-state index in [0.717, 1.165) is 0 Å². The van der Waals surface area contributed by atoms with E-state index >= 15 is 0 Å². The Labute approximate surface area is 77.4 Å². The average Bonchev–Trinajstić information content (AvgIpc) is 2.62. The number of hydrazone groups is 1. The summed E-state index contributed by atoms with van der Waals surface area (Å²) in [4.78, 5) is 11.9. The zero-order chi connectivity index (χ0) is 9.86. The van der Waals surface area contributed by atoms with Crippen LogP contribution < -0.4 is 5.84 Å². The quantitative estimate of drug-likeness (QED) is 0.443. The maximum absolute atomic E-state index is 11.9. The van der Waals surface area contributed by atoms with Gasteiger partial charge in [0.25, 0.3) is 0 Å². The molecule has 0 aromatic carbocycles. The van der Waals surface area contributed by atoms with Gasteiger partial charge in [0, 0.05) is 10.8 Å². The van der Waals surface area contributed by atoms with Crippen LogP contribution in [-0.4, -0.2) is 11.5 Å². The van der Waals surface area contributed by atoms with Crippen LogP contribution in [0.1, 0.15) is 27.7 Å². The van der Waals surface area contributed by atoms with E-state index < -0.39 is 0 Å². The van der Waals surface area contributed by atoms with E-state index in [1.54, 1.807) is 0 Å². The molecule has 4 fully saturated rings. The first-order chi connectivity index (χ1) is 5.85. The summed E-state index contributed by atoms with van der Waals surface area (Å²) in [6, 6.07) is 0. The fourth-order valence-corrected chi connectivity index (χ4v) is 4.77. The van der Waals surface area contributed by atoms with Crippen LogP contribution in [0.15, 0.2) is 5.10 Å². The molecule has 0 aromatic heterocycles. The average molecular weight is 178 g/mol. The number of fused-ring (bicyclic) bond motifs is 1. The third-order valence-electron chi connectivity index (χ3n) is 6.15. The lowest BCUT2D eigenvalue weighted by Gasteiger charge is -2.21. The molecule has 0 aliphatic heterocycles. The predicted octanol–water partition coefficient (Wildman–Crippen LogP) is 0.936. The fraction of sp³-hybridized carbons (Fsp3) is 0.800. The lowest BCUT2D eigenvalue weighted by molar-refractivity contribution is -0.118. The third kappa shape index (κ3) is 0.275. The van der Waals surface area contributed by atoms with Crippen molar-refractivity contribution in [2.45, 2.75) is 27.7 Å². The minimum absolute atomic E-state index is 0.0272. The van der Waals surface area contributed by atoms with Crippen molar-refractivity contribution in [3.63, 3.8) is 0 Å². The molecule has 4 aliphatic carbocycles. The highest BCUT2D eigenvalue weighted by Crippen LogP contribution is 3.09. The lowest BCUT2D eigenvalue weighted by atomic mass is 9.79. The SMILES string of the molecule is CC12C(=O)/C(=N/N)C3(C)C1(C)[C@]23C. The Balaban J connectivity index is 2.30. The Morgan fingerprint density at radius 1 is 1.08 bits per heavy atom. The van der Waals surface area contributed by atoms with Gasteiger partial charge in [-0.15, -0.1) is 0 Å². The minimum Gasteiger partial charge on any atom is -0.323 e. The Kier molecular flexibility index (Phi) is 0.731. The van der Waals surface area contributed by atoms with Crippen LogP contribution in [0.25, 0.3) is 0 Å². The number of hydrogen-bond donors (Lipinski definition) is 1. The van der Waals surface area contributed by atoms with Crippen molar-refractivity contribution in [2.24, 2.45) is 32.6 Å². The van der Waals surface area contributed by atoms with Gasteiger partial charge in [-0.25, -0.2) is 0 Å². The van der Waals surface area contributed by atoms with Crippen molar-refractivity contribution in [3.05, 3.63) is 0 Å². The van der Waals surface area contributed by atoms with E-state index in [1.807, 2.05) is 0 Å². The summed E-state index contributed by atoms with van der Waals surface area (Å²) in [7, 11) is 0. The molecule has 3 heteroatoms. The monoisotopic (exact) mass is 178 g/mol. The third-order valence-corrected chi connectivity index (χ3v) is 6.15. The van der Waals surface area contributed by atoms with Crippen LogP contribution in [0, 0.1) is 21.7 Å². The zero-order valence-corrected chi connectivity index (χ0v) is 8.43. The summed E-state index contributed by atoms with van der Waals surface area (Å²) < 4.78 is 0. The second-order valence-electron chi connectivity index (χ2n) is 5.31. The summed E-state index contributed by atoms with van der Waals surface area (Å²) in [6.07, 6.45) is 0. The van der Waals surface area contributed by atoms with Crippen molar-refractivity contribution in [1.82, 2.24) is 0 Å². The molecule has 4 rings (SSSR count). The van der Waals surface area contributed by atoms with E-state index in [0.29, 0.717) is 5.71 Å². The molecule has 0 heterocycles. The van der Waals surface area contributed by atoms with Gasteiger partial charge in [0.2, 0.25) is 0 Å². The zero-order valence-electron chi connectivity index (χ0n) is 8.43. The van der Waals surface area contributed by atoms with Crippen molar-refractivity contribution in [1.29, 1.82) is 0 Å². The number of hydrogen-bond acceptors (Lipinski definition) is 3. The van der Waals surface area contributed by atoms with Gasteiger partial charge in [0.1, 0.15) is 5.71 Å². The summed E-state index contributed by atoms with van der Waals surface area (Å²) >= 11 is 0. The first kappa shape index (κ1) is 7.54. The number of ketones is 1. The first-order valence-electron chi connectivity index (χ1n) is 4.69.